The van der Waals surface area contributed by atoms with Crippen LogP contribution < -0.4 is 16.3 Å². The van der Waals surface area contributed by atoms with Gasteiger partial charge in [-0.25, -0.2) is 15.6 Å². The van der Waals surface area contributed by atoms with Gasteiger partial charge in [0.25, 0.3) is 0 Å². The molecule has 1 aromatic heterocycles. The fourth-order valence-electron chi connectivity index (χ4n) is 4.63. The molecule has 2 aliphatic carbocycles. The number of aromatic nitrogens is 1. The van der Waals surface area contributed by atoms with E-state index in [1.165, 1.54) is 24.3 Å². The van der Waals surface area contributed by atoms with E-state index in [0.29, 0.717) is 17.1 Å². The summed E-state index contributed by atoms with van der Waals surface area (Å²) >= 11 is 0. The van der Waals surface area contributed by atoms with Gasteiger partial charge >= 0.3 is 6.09 Å². The zero-order chi connectivity index (χ0) is 23.3. The SMILES string of the molecule is CCC1(N(C)C(=O)OC/C(=C(/N)c2ccc(OC3CCCCC3)c(C)n2)N(C)N)CCC1. The topological polar surface area (TPSA) is 107 Å². The van der Waals surface area contributed by atoms with E-state index in [-0.39, 0.29) is 24.3 Å². The molecule has 0 radical (unpaired) electrons. The number of aryl methyl sites for hydroxylation is 1. The highest BCUT2D eigenvalue weighted by molar-refractivity contribution is 5.70. The molecule has 0 saturated heterocycles. The smallest absolute Gasteiger partial charge is 0.410 e. The Morgan fingerprint density at radius 1 is 1.19 bits per heavy atom. The number of hydrogen-bond donors (Lipinski definition) is 2. The Morgan fingerprint density at radius 2 is 1.88 bits per heavy atom. The van der Waals surface area contributed by atoms with E-state index < -0.39 is 0 Å². The lowest BCUT2D eigenvalue weighted by Crippen LogP contribution is -2.54. The van der Waals surface area contributed by atoms with Gasteiger partial charge in [0.15, 0.2) is 0 Å². The maximum atomic E-state index is 12.7. The van der Waals surface area contributed by atoms with Crippen LogP contribution >= 0.6 is 0 Å². The third kappa shape index (κ3) is 5.28. The summed E-state index contributed by atoms with van der Waals surface area (Å²) in [5.74, 6) is 6.80. The molecule has 0 unspecified atom stereocenters. The number of carbonyl (C=O) groups is 1. The van der Waals surface area contributed by atoms with Crippen molar-refractivity contribution in [2.24, 2.45) is 11.6 Å². The van der Waals surface area contributed by atoms with E-state index in [0.717, 1.165) is 50.0 Å². The minimum atomic E-state index is -0.362. The van der Waals surface area contributed by atoms with Crippen molar-refractivity contribution in [1.82, 2.24) is 14.9 Å². The van der Waals surface area contributed by atoms with Gasteiger partial charge in [-0.15, -0.1) is 0 Å². The molecule has 0 bridgehead atoms. The second kappa shape index (κ2) is 10.4. The lowest BCUT2D eigenvalue weighted by Gasteiger charge is -2.47. The molecule has 1 aromatic rings. The van der Waals surface area contributed by atoms with Crippen LogP contribution in [0.5, 0.6) is 5.75 Å². The Kier molecular flexibility index (Phi) is 7.87. The summed E-state index contributed by atoms with van der Waals surface area (Å²) in [6.45, 7) is 4.00. The third-order valence-corrected chi connectivity index (χ3v) is 7.16. The number of pyridine rings is 1. The fourth-order valence-corrected chi connectivity index (χ4v) is 4.63. The van der Waals surface area contributed by atoms with Crippen molar-refractivity contribution in [2.75, 3.05) is 20.7 Å². The first kappa shape index (κ1) is 24.2. The third-order valence-electron chi connectivity index (χ3n) is 7.16. The van der Waals surface area contributed by atoms with Gasteiger partial charge in [-0.05, 0) is 70.4 Å². The molecular formula is C24H39N5O3. The number of hydrogen-bond acceptors (Lipinski definition) is 7. The first-order valence-corrected chi connectivity index (χ1v) is 11.8. The molecule has 2 aliphatic rings. The molecule has 8 nitrogen and oxygen atoms in total. The van der Waals surface area contributed by atoms with E-state index in [2.05, 4.69) is 11.9 Å². The van der Waals surface area contributed by atoms with Gasteiger partial charge < -0.3 is 25.1 Å². The molecule has 0 spiro atoms. The van der Waals surface area contributed by atoms with Gasteiger partial charge in [-0.3, -0.25) is 0 Å². The lowest BCUT2D eigenvalue weighted by atomic mass is 9.74. The minimum absolute atomic E-state index is 0.0249. The van der Waals surface area contributed by atoms with Crippen LogP contribution in [-0.4, -0.2) is 53.3 Å². The van der Waals surface area contributed by atoms with Gasteiger partial charge in [-0.2, -0.15) is 0 Å². The Labute approximate surface area is 191 Å². The number of rotatable bonds is 8. The maximum Gasteiger partial charge on any atom is 0.410 e. The van der Waals surface area contributed by atoms with Crippen LogP contribution in [0.3, 0.4) is 0 Å². The Bertz CT molecular complexity index is 823. The molecule has 1 amide bonds. The predicted molar refractivity (Wildman–Crippen MR) is 126 cm³/mol. The summed E-state index contributed by atoms with van der Waals surface area (Å²) in [6, 6.07) is 3.74. The van der Waals surface area contributed by atoms with Crippen molar-refractivity contribution in [3.05, 3.63) is 29.2 Å². The molecule has 2 saturated carbocycles. The number of ether oxygens (including phenoxy) is 2. The lowest BCUT2D eigenvalue weighted by molar-refractivity contribution is 0.0219. The van der Waals surface area contributed by atoms with Crippen LogP contribution in [0.1, 0.15) is 76.1 Å². The Hall–Kier alpha value is -2.48. The first-order chi connectivity index (χ1) is 15.3. The molecule has 3 rings (SSSR count). The normalized spacial score (nSPS) is 18.9. The fraction of sp³-hybridized carbons (Fsp3) is 0.667. The van der Waals surface area contributed by atoms with Crippen molar-refractivity contribution in [3.8, 4) is 5.75 Å². The highest BCUT2D eigenvalue weighted by Crippen LogP contribution is 2.40. The number of amides is 1. The molecular weight excluding hydrogens is 406 g/mol. The van der Waals surface area contributed by atoms with Gasteiger partial charge in [0.05, 0.1) is 28.9 Å². The van der Waals surface area contributed by atoms with Crippen molar-refractivity contribution in [1.29, 1.82) is 0 Å². The van der Waals surface area contributed by atoms with E-state index in [9.17, 15) is 4.79 Å². The van der Waals surface area contributed by atoms with Crippen molar-refractivity contribution < 1.29 is 14.3 Å². The van der Waals surface area contributed by atoms with Crippen LogP contribution in [0.2, 0.25) is 0 Å². The largest absolute Gasteiger partial charge is 0.489 e. The average Bonchev–Trinajstić information content (AvgIpc) is 2.75. The van der Waals surface area contributed by atoms with Crippen LogP contribution in [0.15, 0.2) is 17.8 Å². The summed E-state index contributed by atoms with van der Waals surface area (Å²) in [7, 11) is 3.48. The Balaban J connectivity index is 1.70. The van der Waals surface area contributed by atoms with E-state index in [4.69, 9.17) is 21.1 Å². The van der Waals surface area contributed by atoms with Crippen molar-refractivity contribution >= 4 is 11.8 Å². The average molecular weight is 446 g/mol. The van der Waals surface area contributed by atoms with Crippen LogP contribution in [0.25, 0.3) is 5.70 Å². The molecule has 4 N–H and O–H groups in total. The molecule has 8 heteroatoms. The number of hydrazine groups is 1. The second-order valence-corrected chi connectivity index (χ2v) is 9.17. The molecule has 32 heavy (non-hydrogen) atoms. The van der Waals surface area contributed by atoms with Crippen molar-refractivity contribution in [3.63, 3.8) is 0 Å². The zero-order valence-corrected chi connectivity index (χ0v) is 20.0. The van der Waals surface area contributed by atoms with E-state index in [1.54, 1.807) is 19.0 Å². The predicted octanol–water partition coefficient (Wildman–Crippen LogP) is 3.94. The van der Waals surface area contributed by atoms with Crippen molar-refractivity contribution in [2.45, 2.75) is 83.3 Å². The highest BCUT2D eigenvalue weighted by Gasteiger charge is 2.42. The molecule has 1 heterocycles. The zero-order valence-electron chi connectivity index (χ0n) is 20.0. The van der Waals surface area contributed by atoms with Crippen LogP contribution in [0, 0.1) is 6.92 Å². The summed E-state index contributed by atoms with van der Waals surface area (Å²) in [5.41, 5.74) is 8.56. The van der Waals surface area contributed by atoms with E-state index in [1.807, 2.05) is 19.1 Å². The van der Waals surface area contributed by atoms with E-state index >= 15 is 0 Å². The number of likely N-dealkylation sites (N-methyl/N-ethyl adjacent to an activating group) is 1. The summed E-state index contributed by atoms with van der Waals surface area (Å²) < 4.78 is 11.7. The number of carbonyl (C=O) groups excluding carboxylic acids is 1. The molecule has 0 aromatic carbocycles. The first-order valence-electron chi connectivity index (χ1n) is 11.8. The van der Waals surface area contributed by atoms with Gasteiger partial charge in [-0.1, -0.05) is 13.3 Å². The van der Waals surface area contributed by atoms with Gasteiger partial charge in [0.1, 0.15) is 12.4 Å². The summed E-state index contributed by atoms with van der Waals surface area (Å²) in [6.07, 6.45) is 9.85. The summed E-state index contributed by atoms with van der Waals surface area (Å²) in [4.78, 5) is 19.0. The maximum absolute atomic E-state index is 12.7. The highest BCUT2D eigenvalue weighted by atomic mass is 16.6. The van der Waals surface area contributed by atoms with Crippen LogP contribution in [0.4, 0.5) is 4.79 Å². The minimum Gasteiger partial charge on any atom is -0.489 e. The van der Waals surface area contributed by atoms with Gasteiger partial charge in [0, 0.05) is 19.6 Å². The molecule has 2 fully saturated rings. The summed E-state index contributed by atoms with van der Waals surface area (Å²) in [5, 5.41) is 1.38. The molecule has 0 atom stereocenters. The van der Waals surface area contributed by atoms with Crippen LogP contribution in [-0.2, 0) is 4.74 Å². The molecule has 0 aliphatic heterocycles. The molecule has 178 valence electrons. The quantitative estimate of drug-likeness (QED) is 0.461. The monoisotopic (exact) mass is 445 g/mol. The standard InChI is InChI=1S/C24H39N5O3/c1-5-24(14-9-15-24)28(3)23(30)31-16-20(29(4)26)22(25)19-12-13-21(17(2)27-19)32-18-10-7-6-8-11-18/h12-13,18H,5-11,14-16,25-26H2,1-4H3/b22-20-. The second-order valence-electron chi connectivity index (χ2n) is 9.17. The van der Waals surface area contributed by atoms with Gasteiger partial charge in [0.2, 0.25) is 0 Å². The Morgan fingerprint density at radius 3 is 2.41 bits per heavy atom. The number of nitrogens with zero attached hydrogens (tertiary/aromatic N) is 3. The number of nitrogens with two attached hydrogens (primary N) is 2.